The van der Waals surface area contributed by atoms with E-state index < -0.39 is 0 Å². The lowest BCUT2D eigenvalue weighted by Crippen LogP contribution is -2.11. The third-order valence-corrected chi connectivity index (χ3v) is 5.64. The highest BCUT2D eigenvalue weighted by Gasteiger charge is 2.18. The molecule has 0 fully saturated rings. The molecule has 4 nitrogen and oxygen atoms in total. The van der Waals surface area contributed by atoms with Crippen LogP contribution in [0.3, 0.4) is 0 Å². The second-order valence-corrected chi connectivity index (χ2v) is 7.58. The van der Waals surface area contributed by atoms with Crippen LogP contribution in [0.4, 0.5) is 0 Å². The predicted molar refractivity (Wildman–Crippen MR) is 122 cm³/mol. The third kappa shape index (κ3) is 3.03. The van der Waals surface area contributed by atoms with Crippen molar-refractivity contribution in [3.8, 4) is 33.6 Å². The molecular formula is C26H21N3O. The van der Waals surface area contributed by atoms with Crippen molar-refractivity contribution in [3.05, 3.63) is 100 Å². The number of benzene rings is 3. The summed E-state index contributed by atoms with van der Waals surface area (Å²) in [7, 11) is 0. The van der Waals surface area contributed by atoms with Crippen LogP contribution in [0, 0.1) is 13.8 Å². The van der Waals surface area contributed by atoms with E-state index in [0.29, 0.717) is 5.56 Å². The fourth-order valence-electron chi connectivity index (χ4n) is 3.88. The van der Waals surface area contributed by atoms with E-state index in [1.54, 1.807) is 0 Å². The first kappa shape index (κ1) is 18.1. The molecule has 0 spiro atoms. The Bertz CT molecular complexity index is 1430. The van der Waals surface area contributed by atoms with Crippen molar-refractivity contribution in [2.24, 2.45) is 0 Å². The van der Waals surface area contributed by atoms with Crippen molar-refractivity contribution in [3.63, 3.8) is 0 Å². The third-order valence-electron chi connectivity index (χ3n) is 5.64. The van der Waals surface area contributed by atoms with Crippen molar-refractivity contribution in [2.45, 2.75) is 13.8 Å². The molecule has 5 aromatic rings. The van der Waals surface area contributed by atoms with Crippen LogP contribution in [0.15, 0.2) is 83.7 Å². The van der Waals surface area contributed by atoms with Gasteiger partial charge in [0.15, 0.2) is 0 Å². The molecule has 0 aliphatic heterocycles. The maximum Gasteiger partial charge on any atom is 0.272 e. The Morgan fingerprint density at radius 1 is 0.767 bits per heavy atom. The molecule has 146 valence electrons. The monoisotopic (exact) mass is 391 g/mol. The molecule has 0 amide bonds. The summed E-state index contributed by atoms with van der Waals surface area (Å²) >= 11 is 0. The number of hydrogen-bond acceptors (Lipinski definition) is 2. The van der Waals surface area contributed by atoms with E-state index in [0.717, 1.165) is 39.0 Å². The normalized spacial score (nSPS) is 11.1. The molecule has 0 atom stereocenters. The van der Waals surface area contributed by atoms with E-state index in [-0.39, 0.29) is 5.56 Å². The first-order valence-electron chi connectivity index (χ1n) is 9.95. The van der Waals surface area contributed by atoms with Gasteiger partial charge >= 0.3 is 0 Å². The predicted octanol–water partition coefficient (Wildman–Crippen LogP) is 5.87. The van der Waals surface area contributed by atoms with Crippen LogP contribution >= 0.6 is 0 Å². The summed E-state index contributed by atoms with van der Waals surface area (Å²) in [4.78, 5) is 16.4. The summed E-state index contributed by atoms with van der Waals surface area (Å²) in [6, 6.07) is 26.3. The standard InChI is InChI=1S/C26H21N3O/c1-16-12-13-19(14-17(16)2)23-15-21(26(30)29-28-23)24-20-10-6-7-11-22(20)27-25(24)18-8-4-3-5-9-18/h3-15,27H,1-2H3,(H,29,30). The van der Waals surface area contributed by atoms with Crippen LogP contribution in [0.5, 0.6) is 0 Å². The van der Waals surface area contributed by atoms with Crippen LogP contribution in [0.1, 0.15) is 11.1 Å². The van der Waals surface area contributed by atoms with Gasteiger partial charge in [-0.15, -0.1) is 0 Å². The van der Waals surface area contributed by atoms with Gasteiger partial charge in [-0.05, 0) is 48.7 Å². The van der Waals surface area contributed by atoms with Gasteiger partial charge in [0.2, 0.25) is 0 Å². The summed E-state index contributed by atoms with van der Waals surface area (Å²) in [5.41, 5.74) is 8.41. The van der Waals surface area contributed by atoms with E-state index in [9.17, 15) is 4.79 Å². The van der Waals surface area contributed by atoms with E-state index >= 15 is 0 Å². The Kier molecular flexibility index (Phi) is 4.32. The highest BCUT2D eigenvalue weighted by atomic mass is 16.1. The minimum Gasteiger partial charge on any atom is -0.354 e. The topological polar surface area (TPSA) is 61.5 Å². The highest BCUT2D eigenvalue weighted by molar-refractivity contribution is 6.03. The Balaban J connectivity index is 1.78. The van der Waals surface area contributed by atoms with Gasteiger partial charge in [-0.1, -0.05) is 60.7 Å². The van der Waals surface area contributed by atoms with Gasteiger partial charge in [-0.2, -0.15) is 5.10 Å². The summed E-state index contributed by atoms with van der Waals surface area (Å²) in [5, 5.41) is 8.05. The fourth-order valence-corrected chi connectivity index (χ4v) is 3.88. The van der Waals surface area contributed by atoms with E-state index in [1.165, 1.54) is 11.1 Å². The molecule has 30 heavy (non-hydrogen) atoms. The molecule has 3 aromatic carbocycles. The van der Waals surface area contributed by atoms with Gasteiger partial charge in [0.25, 0.3) is 5.56 Å². The molecular weight excluding hydrogens is 370 g/mol. The number of nitrogens with one attached hydrogen (secondary N) is 2. The van der Waals surface area contributed by atoms with Crippen LogP contribution in [0.25, 0.3) is 44.5 Å². The maximum atomic E-state index is 12.9. The molecule has 2 heterocycles. The number of aromatic nitrogens is 3. The number of rotatable bonds is 3. The maximum absolute atomic E-state index is 12.9. The van der Waals surface area contributed by atoms with Crippen molar-refractivity contribution in [1.82, 2.24) is 15.2 Å². The zero-order chi connectivity index (χ0) is 20.7. The fraction of sp³-hybridized carbons (Fsp3) is 0.0769. The number of H-pyrrole nitrogens is 2. The van der Waals surface area contributed by atoms with Gasteiger partial charge < -0.3 is 4.98 Å². The zero-order valence-corrected chi connectivity index (χ0v) is 16.9. The molecule has 0 unspecified atom stereocenters. The largest absolute Gasteiger partial charge is 0.354 e. The molecule has 2 aromatic heterocycles. The van der Waals surface area contributed by atoms with Gasteiger partial charge in [0.1, 0.15) is 0 Å². The quantitative estimate of drug-likeness (QED) is 0.404. The molecule has 4 heteroatoms. The number of para-hydroxylation sites is 1. The minimum absolute atomic E-state index is 0.204. The lowest BCUT2D eigenvalue weighted by Gasteiger charge is -2.08. The Labute approximate surface area is 174 Å². The van der Waals surface area contributed by atoms with E-state index in [2.05, 4.69) is 41.2 Å². The number of aromatic amines is 2. The molecule has 0 saturated heterocycles. The molecule has 0 aliphatic carbocycles. The van der Waals surface area contributed by atoms with E-state index in [4.69, 9.17) is 0 Å². The van der Waals surface area contributed by atoms with Crippen molar-refractivity contribution < 1.29 is 0 Å². The number of fused-ring (bicyclic) bond motifs is 1. The molecule has 2 N–H and O–H groups in total. The van der Waals surface area contributed by atoms with Crippen molar-refractivity contribution in [1.29, 1.82) is 0 Å². The van der Waals surface area contributed by atoms with Gasteiger partial charge in [0, 0.05) is 22.0 Å². The smallest absolute Gasteiger partial charge is 0.272 e. The number of aryl methyl sites for hydroxylation is 2. The molecule has 0 aliphatic rings. The Morgan fingerprint density at radius 2 is 1.53 bits per heavy atom. The minimum atomic E-state index is -0.204. The molecule has 0 saturated carbocycles. The van der Waals surface area contributed by atoms with Gasteiger partial charge in [-0.3, -0.25) is 4.79 Å². The SMILES string of the molecule is Cc1ccc(-c2cc(-c3c(-c4ccccc4)[nH]c4ccccc34)c(=O)[nH]n2)cc1C. The first-order valence-corrected chi connectivity index (χ1v) is 9.95. The van der Waals surface area contributed by atoms with Gasteiger partial charge in [-0.25, -0.2) is 5.10 Å². The lowest BCUT2D eigenvalue weighted by atomic mass is 9.97. The Morgan fingerprint density at radius 3 is 2.33 bits per heavy atom. The molecule has 5 rings (SSSR count). The highest BCUT2D eigenvalue weighted by Crippen LogP contribution is 2.37. The summed E-state index contributed by atoms with van der Waals surface area (Å²) < 4.78 is 0. The molecule has 0 radical (unpaired) electrons. The van der Waals surface area contributed by atoms with Crippen LogP contribution in [-0.4, -0.2) is 15.2 Å². The van der Waals surface area contributed by atoms with E-state index in [1.807, 2.05) is 66.7 Å². The summed E-state index contributed by atoms with van der Waals surface area (Å²) in [5.74, 6) is 0. The van der Waals surface area contributed by atoms with Crippen LogP contribution < -0.4 is 5.56 Å². The lowest BCUT2D eigenvalue weighted by molar-refractivity contribution is 0.998. The molecule has 0 bridgehead atoms. The summed E-state index contributed by atoms with van der Waals surface area (Å²) in [6.07, 6.45) is 0. The summed E-state index contributed by atoms with van der Waals surface area (Å²) in [6.45, 7) is 4.17. The Hall–Kier alpha value is -3.92. The first-order chi connectivity index (χ1) is 14.6. The average Bonchev–Trinajstić information content (AvgIpc) is 3.16. The zero-order valence-electron chi connectivity index (χ0n) is 16.9. The second kappa shape index (κ2) is 7.16. The number of nitrogens with zero attached hydrogens (tertiary/aromatic N) is 1. The van der Waals surface area contributed by atoms with Crippen molar-refractivity contribution >= 4 is 10.9 Å². The second-order valence-electron chi connectivity index (χ2n) is 7.58. The van der Waals surface area contributed by atoms with Gasteiger partial charge in [0.05, 0.1) is 17.0 Å². The average molecular weight is 391 g/mol. The number of hydrogen-bond donors (Lipinski definition) is 2. The van der Waals surface area contributed by atoms with Crippen LogP contribution in [0.2, 0.25) is 0 Å². The van der Waals surface area contributed by atoms with Crippen molar-refractivity contribution in [2.75, 3.05) is 0 Å². The van der Waals surface area contributed by atoms with Crippen LogP contribution in [-0.2, 0) is 0 Å².